The molecule has 0 saturated heterocycles. The lowest BCUT2D eigenvalue weighted by atomic mass is 9.54. The van der Waals surface area contributed by atoms with E-state index in [1.165, 1.54) is 23.8 Å². The Morgan fingerprint density at radius 2 is 1.97 bits per heavy atom. The molecule has 3 aliphatic rings. The van der Waals surface area contributed by atoms with Crippen molar-refractivity contribution in [3.63, 3.8) is 0 Å². The first-order chi connectivity index (χ1) is 16.0. The van der Waals surface area contributed by atoms with Gasteiger partial charge in [-0.3, -0.25) is 4.79 Å². The summed E-state index contributed by atoms with van der Waals surface area (Å²) in [5.74, 6) is 2.80. The van der Waals surface area contributed by atoms with Gasteiger partial charge in [0, 0.05) is 6.42 Å². The van der Waals surface area contributed by atoms with Crippen molar-refractivity contribution in [3.8, 4) is 5.75 Å². The molecule has 3 aliphatic carbocycles. The van der Waals surface area contributed by atoms with Crippen molar-refractivity contribution >= 4 is 5.97 Å². The van der Waals surface area contributed by atoms with Gasteiger partial charge in [0.15, 0.2) is 0 Å². The molecule has 0 aliphatic heterocycles. The molecule has 0 amide bonds. The van der Waals surface area contributed by atoms with Crippen LogP contribution in [0.4, 0.5) is 0 Å². The summed E-state index contributed by atoms with van der Waals surface area (Å²) in [6.45, 7) is 2.89. The predicted octanol–water partition coefficient (Wildman–Crippen LogP) is 5.66. The van der Waals surface area contributed by atoms with Gasteiger partial charge in [-0.1, -0.05) is 43.3 Å². The number of methoxy groups -OCH3 is 1. The zero-order chi connectivity index (χ0) is 23.0. The summed E-state index contributed by atoms with van der Waals surface area (Å²) in [6.07, 6.45) is 6.24. The van der Waals surface area contributed by atoms with E-state index in [0.717, 1.165) is 44.3 Å². The number of carbonyl (C=O) groups excluding carboxylic acids is 1. The Morgan fingerprint density at radius 3 is 2.76 bits per heavy atom. The molecule has 0 bridgehead atoms. The molecule has 2 aromatic carbocycles. The maximum Gasteiger partial charge on any atom is 0.305 e. The van der Waals surface area contributed by atoms with Crippen LogP contribution in [0.2, 0.25) is 0 Å². The van der Waals surface area contributed by atoms with E-state index in [2.05, 4.69) is 37.3 Å². The number of carbonyl (C=O) groups is 1. The Kier molecular flexibility index (Phi) is 6.22. The van der Waals surface area contributed by atoms with Crippen molar-refractivity contribution < 1.29 is 19.4 Å². The summed E-state index contributed by atoms with van der Waals surface area (Å²) in [5, 5.41) is 11.0. The summed E-state index contributed by atoms with van der Waals surface area (Å²) < 4.78 is 11.0. The van der Waals surface area contributed by atoms with Gasteiger partial charge < -0.3 is 14.6 Å². The molecule has 2 saturated carbocycles. The van der Waals surface area contributed by atoms with E-state index in [1.807, 2.05) is 18.2 Å². The van der Waals surface area contributed by atoms with E-state index < -0.39 is 0 Å². The molecule has 0 heterocycles. The fourth-order valence-electron chi connectivity index (χ4n) is 7.35. The second-order valence-electron chi connectivity index (χ2n) is 10.6. The maximum absolute atomic E-state index is 11.8. The van der Waals surface area contributed by atoms with Crippen LogP contribution in [-0.2, 0) is 22.6 Å². The Balaban J connectivity index is 1.33. The number of benzene rings is 2. The van der Waals surface area contributed by atoms with Crippen molar-refractivity contribution in [2.75, 3.05) is 7.11 Å². The SMILES string of the molecule is COC(=O)CC[C@@H]1C[C@H](O)[C@@]2(C)CCC3c4ccc(OCc5ccccc5)cc4CCC3C12. The summed E-state index contributed by atoms with van der Waals surface area (Å²) in [7, 11) is 1.46. The number of aliphatic hydroxyl groups excluding tert-OH is 1. The molecule has 0 spiro atoms. The standard InChI is InChI=1S/C29H36O4/c1-29-15-14-24-23-12-10-22(33-18-19-6-4-3-5-7-19)16-20(23)8-11-25(24)28(29)21(17-26(29)30)9-13-27(31)32-2/h3-7,10,12,16,21,24-26,28,30H,8-9,11,13-15,17-18H2,1-2H3/t21-,24?,25?,26+,28?,29-/m1/s1. The third kappa shape index (κ3) is 4.19. The van der Waals surface area contributed by atoms with Gasteiger partial charge in [-0.2, -0.15) is 0 Å². The van der Waals surface area contributed by atoms with Gasteiger partial charge in [-0.05, 0) is 96.4 Å². The molecular formula is C29H36O4. The van der Waals surface area contributed by atoms with Gasteiger partial charge >= 0.3 is 5.97 Å². The average Bonchev–Trinajstić information content (AvgIpc) is 3.11. The van der Waals surface area contributed by atoms with Crippen molar-refractivity contribution in [2.45, 2.75) is 70.5 Å². The number of aliphatic hydroxyl groups is 1. The van der Waals surface area contributed by atoms with Gasteiger partial charge in [0.2, 0.25) is 0 Å². The average molecular weight is 449 g/mol. The monoisotopic (exact) mass is 448 g/mol. The Bertz CT molecular complexity index is 986. The fraction of sp³-hybridized carbons (Fsp3) is 0.552. The van der Waals surface area contributed by atoms with Crippen LogP contribution < -0.4 is 4.74 Å². The Hall–Kier alpha value is -2.33. The van der Waals surface area contributed by atoms with Crippen LogP contribution in [0.15, 0.2) is 48.5 Å². The molecular weight excluding hydrogens is 412 g/mol. The fourth-order valence-corrected chi connectivity index (χ4v) is 7.35. The number of hydrogen-bond donors (Lipinski definition) is 1. The highest BCUT2D eigenvalue weighted by Crippen LogP contribution is 2.63. The lowest BCUT2D eigenvalue weighted by molar-refractivity contribution is -0.141. The zero-order valence-electron chi connectivity index (χ0n) is 19.8. The van der Waals surface area contributed by atoms with Crippen LogP contribution in [0.3, 0.4) is 0 Å². The second-order valence-corrected chi connectivity index (χ2v) is 10.6. The quantitative estimate of drug-likeness (QED) is 0.579. The number of esters is 1. The Labute approximate surface area is 197 Å². The topological polar surface area (TPSA) is 55.8 Å². The predicted molar refractivity (Wildman–Crippen MR) is 128 cm³/mol. The van der Waals surface area contributed by atoms with Gasteiger partial charge in [-0.15, -0.1) is 0 Å². The van der Waals surface area contributed by atoms with Crippen LogP contribution in [0, 0.1) is 23.2 Å². The number of aryl methyl sites for hydroxylation is 1. The second kappa shape index (κ2) is 9.13. The van der Waals surface area contributed by atoms with Gasteiger partial charge in [0.05, 0.1) is 13.2 Å². The van der Waals surface area contributed by atoms with E-state index >= 15 is 0 Å². The van der Waals surface area contributed by atoms with E-state index in [0.29, 0.717) is 36.7 Å². The van der Waals surface area contributed by atoms with Crippen LogP contribution in [0.5, 0.6) is 5.75 Å². The highest BCUT2D eigenvalue weighted by atomic mass is 16.5. The lowest BCUT2D eigenvalue weighted by Crippen LogP contribution is -2.45. The van der Waals surface area contributed by atoms with Crippen molar-refractivity contribution in [3.05, 3.63) is 65.2 Å². The van der Waals surface area contributed by atoms with Gasteiger partial charge in [-0.25, -0.2) is 0 Å². The van der Waals surface area contributed by atoms with E-state index in [4.69, 9.17) is 9.47 Å². The smallest absolute Gasteiger partial charge is 0.305 e. The van der Waals surface area contributed by atoms with Crippen molar-refractivity contribution in [2.24, 2.45) is 23.2 Å². The summed E-state index contributed by atoms with van der Waals surface area (Å²) in [5.41, 5.74) is 4.06. The molecule has 0 radical (unpaired) electrons. The highest BCUT2D eigenvalue weighted by molar-refractivity contribution is 5.69. The largest absolute Gasteiger partial charge is 0.489 e. The molecule has 5 rings (SSSR count). The highest BCUT2D eigenvalue weighted by Gasteiger charge is 2.58. The number of rotatable bonds is 6. The van der Waals surface area contributed by atoms with Crippen molar-refractivity contribution in [1.29, 1.82) is 0 Å². The minimum atomic E-state index is -0.263. The normalized spacial score (nSPS) is 32.4. The zero-order valence-corrected chi connectivity index (χ0v) is 19.8. The third-order valence-corrected chi connectivity index (χ3v) is 8.98. The van der Waals surface area contributed by atoms with Crippen LogP contribution in [0.25, 0.3) is 0 Å². The van der Waals surface area contributed by atoms with Gasteiger partial charge in [0.1, 0.15) is 12.4 Å². The van der Waals surface area contributed by atoms with Crippen LogP contribution in [-0.4, -0.2) is 24.3 Å². The Morgan fingerprint density at radius 1 is 1.15 bits per heavy atom. The molecule has 2 aromatic rings. The molecule has 2 fully saturated rings. The van der Waals surface area contributed by atoms with E-state index in [1.54, 1.807) is 0 Å². The molecule has 4 heteroatoms. The molecule has 176 valence electrons. The van der Waals surface area contributed by atoms with Crippen molar-refractivity contribution in [1.82, 2.24) is 0 Å². The first-order valence-electron chi connectivity index (χ1n) is 12.5. The lowest BCUT2D eigenvalue weighted by Gasteiger charge is -2.51. The molecule has 0 aromatic heterocycles. The number of hydrogen-bond acceptors (Lipinski definition) is 4. The van der Waals surface area contributed by atoms with Gasteiger partial charge in [0.25, 0.3) is 0 Å². The molecule has 6 atom stereocenters. The summed E-state index contributed by atoms with van der Waals surface area (Å²) in [4.78, 5) is 11.8. The maximum atomic E-state index is 11.8. The molecule has 4 nitrogen and oxygen atoms in total. The van der Waals surface area contributed by atoms with E-state index in [9.17, 15) is 9.90 Å². The summed E-state index contributed by atoms with van der Waals surface area (Å²) in [6, 6.07) is 17.0. The van der Waals surface area contributed by atoms with E-state index in [-0.39, 0.29) is 17.5 Å². The minimum Gasteiger partial charge on any atom is -0.489 e. The number of fused-ring (bicyclic) bond motifs is 5. The summed E-state index contributed by atoms with van der Waals surface area (Å²) >= 11 is 0. The molecule has 3 unspecified atom stereocenters. The first kappa shape index (κ1) is 22.5. The minimum absolute atomic E-state index is 0.0296. The third-order valence-electron chi connectivity index (χ3n) is 8.98. The van der Waals surface area contributed by atoms with Crippen LogP contribution >= 0.6 is 0 Å². The van der Waals surface area contributed by atoms with Crippen LogP contribution in [0.1, 0.15) is 68.1 Å². The number of ether oxygens (including phenoxy) is 2. The molecule has 33 heavy (non-hydrogen) atoms. The molecule has 1 N–H and O–H groups in total. The first-order valence-corrected chi connectivity index (χ1v) is 12.5.